The van der Waals surface area contributed by atoms with Gasteiger partial charge in [-0.3, -0.25) is 9.88 Å². The molecule has 6 rings (SSSR count). The van der Waals surface area contributed by atoms with Crippen molar-refractivity contribution in [3.8, 4) is 11.5 Å². The summed E-state index contributed by atoms with van der Waals surface area (Å²) in [6, 6.07) is 7.30. The molecule has 2 bridgehead atoms. The van der Waals surface area contributed by atoms with Gasteiger partial charge in [0, 0.05) is 24.0 Å². The molecule has 5 atom stereocenters. The predicted octanol–water partition coefficient (Wildman–Crippen LogP) is 1.88. The highest BCUT2D eigenvalue weighted by molar-refractivity contribution is 5.89. The first-order chi connectivity index (χ1) is 15.0. The molecule has 31 heavy (non-hydrogen) atoms. The van der Waals surface area contributed by atoms with Crippen molar-refractivity contribution >= 4 is 5.97 Å². The minimum Gasteiger partial charge on any atom is -0.493 e. The second-order valence-corrected chi connectivity index (χ2v) is 8.89. The van der Waals surface area contributed by atoms with Crippen LogP contribution in [0, 0.1) is 0 Å². The first-order valence-electron chi connectivity index (χ1n) is 10.6. The topological polar surface area (TPSA) is 81.1 Å². The second kappa shape index (κ2) is 6.31. The number of piperidine rings is 1. The summed E-state index contributed by atoms with van der Waals surface area (Å²) in [6.07, 6.45) is 6.97. The van der Waals surface area contributed by atoms with Crippen LogP contribution >= 0.6 is 0 Å². The van der Waals surface area contributed by atoms with Crippen LogP contribution in [0.3, 0.4) is 0 Å². The molecule has 4 aliphatic rings. The zero-order valence-electron chi connectivity index (χ0n) is 17.4. The molecule has 2 aromatic rings. The van der Waals surface area contributed by atoms with E-state index in [4.69, 9.17) is 14.2 Å². The molecular formula is C24H24N2O5. The number of esters is 1. The molecule has 1 saturated heterocycles. The maximum absolute atomic E-state index is 12.8. The van der Waals surface area contributed by atoms with E-state index in [1.165, 1.54) is 6.20 Å². The number of hydrogen-bond acceptors (Lipinski definition) is 7. The summed E-state index contributed by atoms with van der Waals surface area (Å²) in [4.78, 5) is 19.0. The smallest absolute Gasteiger partial charge is 0.340 e. The van der Waals surface area contributed by atoms with E-state index >= 15 is 0 Å². The molecule has 0 radical (unpaired) electrons. The van der Waals surface area contributed by atoms with Gasteiger partial charge < -0.3 is 19.3 Å². The number of aromatic nitrogens is 1. The highest BCUT2D eigenvalue weighted by Gasteiger charge is 2.72. The Labute approximate surface area is 180 Å². The lowest BCUT2D eigenvalue weighted by atomic mass is 9.50. The van der Waals surface area contributed by atoms with Gasteiger partial charge in [0.15, 0.2) is 23.7 Å². The van der Waals surface area contributed by atoms with E-state index in [1.54, 1.807) is 31.5 Å². The summed E-state index contributed by atoms with van der Waals surface area (Å²) in [5, 5.41) is 12.1. The van der Waals surface area contributed by atoms with Crippen LogP contribution in [0.1, 0.15) is 27.9 Å². The van der Waals surface area contributed by atoms with E-state index in [-0.39, 0.29) is 6.04 Å². The van der Waals surface area contributed by atoms with E-state index in [2.05, 4.69) is 23.0 Å². The van der Waals surface area contributed by atoms with Crippen LogP contribution < -0.4 is 9.47 Å². The van der Waals surface area contributed by atoms with Gasteiger partial charge in [0.1, 0.15) is 5.60 Å². The van der Waals surface area contributed by atoms with Crippen molar-refractivity contribution in [3.63, 3.8) is 0 Å². The fraction of sp³-hybridized carbons (Fsp3) is 0.417. The van der Waals surface area contributed by atoms with E-state index in [0.29, 0.717) is 23.5 Å². The number of methoxy groups -OCH3 is 1. The summed E-state index contributed by atoms with van der Waals surface area (Å²) in [6.45, 7) is 0.819. The van der Waals surface area contributed by atoms with Crippen LogP contribution in [0.25, 0.3) is 0 Å². The molecule has 1 aromatic heterocycles. The molecule has 2 aliphatic carbocycles. The van der Waals surface area contributed by atoms with Crippen LogP contribution in [0.5, 0.6) is 11.5 Å². The van der Waals surface area contributed by atoms with Crippen LogP contribution in [-0.2, 0) is 16.6 Å². The Morgan fingerprint density at radius 1 is 1.35 bits per heavy atom. The molecule has 0 amide bonds. The van der Waals surface area contributed by atoms with Crippen LogP contribution in [0.4, 0.5) is 0 Å². The molecule has 0 saturated carbocycles. The number of carbonyl (C=O) groups excluding carboxylic acids is 1. The molecule has 1 spiro atoms. The second-order valence-electron chi connectivity index (χ2n) is 8.89. The lowest BCUT2D eigenvalue weighted by Crippen LogP contribution is -2.75. The van der Waals surface area contributed by atoms with E-state index in [0.717, 1.165) is 24.1 Å². The van der Waals surface area contributed by atoms with Crippen LogP contribution in [-0.4, -0.2) is 65.5 Å². The molecule has 160 valence electrons. The Bertz CT molecular complexity index is 1100. The van der Waals surface area contributed by atoms with E-state index < -0.39 is 29.2 Å². The van der Waals surface area contributed by atoms with Crippen molar-refractivity contribution < 1.29 is 24.1 Å². The number of likely N-dealkylation sites (tertiary alicyclic amines) is 1. The normalized spacial score (nSPS) is 34.6. The highest BCUT2D eigenvalue weighted by Crippen LogP contribution is 2.64. The number of likely N-dealkylation sites (N-methyl/N-ethyl adjacent to an activating group) is 1. The molecular weight excluding hydrogens is 396 g/mol. The number of benzene rings is 1. The highest BCUT2D eigenvalue weighted by atomic mass is 16.6. The molecule has 7 nitrogen and oxygen atoms in total. The summed E-state index contributed by atoms with van der Waals surface area (Å²) in [5.74, 6) is 0.841. The fourth-order valence-corrected chi connectivity index (χ4v) is 6.19. The first kappa shape index (κ1) is 18.8. The van der Waals surface area contributed by atoms with Gasteiger partial charge in [-0.05, 0) is 56.3 Å². The van der Waals surface area contributed by atoms with Gasteiger partial charge >= 0.3 is 5.97 Å². The van der Waals surface area contributed by atoms with Crippen molar-refractivity contribution in [1.29, 1.82) is 0 Å². The zero-order valence-corrected chi connectivity index (χ0v) is 17.4. The summed E-state index contributed by atoms with van der Waals surface area (Å²) >= 11 is 0. The van der Waals surface area contributed by atoms with E-state index in [9.17, 15) is 9.90 Å². The zero-order chi connectivity index (χ0) is 21.4. The number of carbonyl (C=O) groups is 1. The number of pyridine rings is 1. The first-order valence-corrected chi connectivity index (χ1v) is 10.6. The molecule has 1 aromatic carbocycles. The summed E-state index contributed by atoms with van der Waals surface area (Å²) in [7, 11) is 3.67. The van der Waals surface area contributed by atoms with Crippen molar-refractivity contribution in [2.75, 3.05) is 20.7 Å². The van der Waals surface area contributed by atoms with E-state index in [1.807, 2.05) is 12.1 Å². The third kappa shape index (κ3) is 2.25. The van der Waals surface area contributed by atoms with Gasteiger partial charge in [0.2, 0.25) is 0 Å². The number of hydrogen-bond donors (Lipinski definition) is 1. The third-order valence-electron chi connectivity index (χ3n) is 7.61. The number of aliphatic hydroxyl groups is 1. The molecule has 3 heterocycles. The monoisotopic (exact) mass is 420 g/mol. The van der Waals surface area contributed by atoms with Gasteiger partial charge in [-0.2, -0.15) is 0 Å². The SMILES string of the molecule is COc1ccc2c3c1O[C@H]1[C@H](OC(=O)c4cccnc4)C=C[C@@]4(O)[C@@H](C2)N(C)CC[C@]314. The van der Waals surface area contributed by atoms with Gasteiger partial charge in [-0.1, -0.05) is 12.1 Å². The number of rotatable bonds is 3. The summed E-state index contributed by atoms with van der Waals surface area (Å²) < 4.78 is 18.0. The standard InChI is InChI=1S/C24H24N2O5/c1-26-11-9-23-19-14-5-6-16(29-2)20(19)31-21(23)17(7-8-24(23,28)18(26)12-14)30-22(27)15-4-3-10-25-13-15/h3-8,10,13,17-18,21,28H,9,11-12H2,1-2H3/t17-,18-,21+,23+,24-/m1/s1. The van der Waals surface area contributed by atoms with Crippen molar-refractivity contribution in [2.24, 2.45) is 0 Å². The average molecular weight is 420 g/mol. The minimum absolute atomic E-state index is 0.0783. The fourth-order valence-electron chi connectivity index (χ4n) is 6.19. The minimum atomic E-state index is -1.12. The Morgan fingerprint density at radius 3 is 3.00 bits per heavy atom. The molecule has 2 aliphatic heterocycles. The lowest BCUT2D eigenvalue weighted by molar-refractivity contribution is -0.152. The van der Waals surface area contributed by atoms with Gasteiger partial charge in [0.05, 0.1) is 18.1 Å². The molecule has 1 N–H and O–H groups in total. The molecule has 1 fully saturated rings. The Kier molecular flexibility index (Phi) is 3.83. The summed E-state index contributed by atoms with van der Waals surface area (Å²) in [5.41, 5.74) is 0.735. The molecule has 0 unspecified atom stereocenters. The molecule has 7 heteroatoms. The lowest BCUT2D eigenvalue weighted by Gasteiger charge is -2.61. The Morgan fingerprint density at radius 2 is 2.23 bits per heavy atom. The van der Waals surface area contributed by atoms with Crippen molar-refractivity contribution in [3.05, 3.63) is 65.5 Å². The maximum Gasteiger partial charge on any atom is 0.340 e. The third-order valence-corrected chi connectivity index (χ3v) is 7.61. The van der Waals surface area contributed by atoms with Crippen LogP contribution in [0.2, 0.25) is 0 Å². The van der Waals surface area contributed by atoms with Crippen molar-refractivity contribution in [1.82, 2.24) is 9.88 Å². The number of nitrogens with zero attached hydrogens (tertiary/aromatic N) is 2. The maximum atomic E-state index is 12.8. The predicted molar refractivity (Wildman–Crippen MR) is 111 cm³/mol. The number of ether oxygens (including phenoxy) is 3. The largest absolute Gasteiger partial charge is 0.493 e. The van der Waals surface area contributed by atoms with Gasteiger partial charge in [-0.25, -0.2) is 4.79 Å². The Balaban J connectivity index is 1.49. The van der Waals surface area contributed by atoms with Gasteiger partial charge in [0.25, 0.3) is 0 Å². The van der Waals surface area contributed by atoms with Gasteiger partial charge in [-0.15, -0.1) is 0 Å². The Hall–Kier alpha value is -2.90. The average Bonchev–Trinajstić information content (AvgIpc) is 3.14. The quantitative estimate of drug-likeness (QED) is 0.600. The van der Waals surface area contributed by atoms with Crippen molar-refractivity contribution in [2.45, 2.75) is 42.1 Å². The van der Waals surface area contributed by atoms with Crippen LogP contribution in [0.15, 0.2) is 48.8 Å².